The van der Waals surface area contributed by atoms with E-state index in [9.17, 15) is 4.79 Å². The molecule has 3 rings (SSSR count). The number of hydrogen-bond donors (Lipinski definition) is 1. The number of rotatable bonds is 5. The Bertz CT molecular complexity index is 858. The first-order chi connectivity index (χ1) is 11.7. The van der Waals surface area contributed by atoms with Gasteiger partial charge in [-0.1, -0.05) is 31.2 Å². The third-order valence-electron chi connectivity index (χ3n) is 3.47. The van der Waals surface area contributed by atoms with Crippen LogP contribution in [-0.4, -0.2) is 16.6 Å². The van der Waals surface area contributed by atoms with E-state index < -0.39 is 0 Å². The molecule has 0 aliphatic heterocycles. The van der Waals surface area contributed by atoms with Gasteiger partial charge >= 0.3 is 0 Å². The highest BCUT2D eigenvalue weighted by Gasteiger charge is 2.12. The average molecular weight is 355 g/mol. The number of hydrogen-bond acceptors (Lipinski definition) is 4. The second kappa shape index (κ2) is 7.64. The van der Waals surface area contributed by atoms with Gasteiger partial charge in [0, 0.05) is 21.5 Å². The molecule has 1 heterocycles. The summed E-state index contributed by atoms with van der Waals surface area (Å²) in [7, 11) is 0. The fraction of sp³-hybridized carbons (Fsp3) is 0.158. The zero-order chi connectivity index (χ0) is 16.9. The lowest BCUT2D eigenvalue weighted by molar-refractivity contribution is 0.102. The van der Waals surface area contributed by atoms with Crippen molar-refractivity contribution in [1.82, 2.24) is 4.98 Å². The summed E-state index contributed by atoms with van der Waals surface area (Å²) in [4.78, 5) is 18.1. The molecular weight excluding hydrogens is 336 g/mol. The third kappa shape index (κ3) is 3.86. The van der Waals surface area contributed by atoms with Crippen LogP contribution in [0.2, 0.25) is 0 Å². The molecule has 122 valence electrons. The number of carbonyl (C=O) groups is 1. The zero-order valence-electron chi connectivity index (χ0n) is 13.6. The van der Waals surface area contributed by atoms with Crippen LogP contribution in [0.25, 0.3) is 11.3 Å². The maximum absolute atomic E-state index is 12.6. The second-order valence-electron chi connectivity index (χ2n) is 5.22. The van der Waals surface area contributed by atoms with Crippen molar-refractivity contribution < 1.29 is 4.79 Å². The molecule has 3 aromatic rings. The Kier molecular flexibility index (Phi) is 5.33. The Balaban J connectivity index is 1.83. The molecule has 0 unspecified atom stereocenters. The zero-order valence-corrected chi connectivity index (χ0v) is 15.2. The van der Waals surface area contributed by atoms with Gasteiger partial charge in [0.05, 0.1) is 16.3 Å². The number of nitrogens with zero attached hydrogens (tertiary/aromatic N) is 1. The molecule has 0 radical (unpaired) electrons. The first-order valence-electron chi connectivity index (χ1n) is 7.73. The molecule has 1 amide bonds. The number of carbonyl (C=O) groups excluding carboxylic acids is 1. The minimum atomic E-state index is -0.0850. The Morgan fingerprint density at radius 1 is 1.21 bits per heavy atom. The highest BCUT2D eigenvalue weighted by molar-refractivity contribution is 7.99. The van der Waals surface area contributed by atoms with Crippen molar-refractivity contribution in [3.63, 3.8) is 0 Å². The van der Waals surface area contributed by atoms with Crippen LogP contribution in [0, 0.1) is 6.92 Å². The Labute approximate surface area is 150 Å². The summed E-state index contributed by atoms with van der Waals surface area (Å²) in [5, 5.41) is 6.06. The standard InChI is InChI=1S/C19H18N2OS2/c1-3-23-18-10-5-4-9-16(18)19(22)21-15-8-6-7-14(11-15)17-12-24-13(2)20-17/h4-12H,3H2,1-2H3,(H,21,22). The number of amides is 1. The van der Waals surface area contributed by atoms with Gasteiger partial charge in [-0.15, -0.1) is 23.1 Å². The van der Waals surface area contributed by atoms with Crippen LogP contribution in [0.5, 0.6) is 0 Å². The number of thioether (sulfide) groups is 1. The summed E-state index contributed by atoms with van der Waals surface area (Å²) >= 11 is 3.30. The number of thiazole rings is 1. The number of benzene rings is 2. The monoisotopic (exact) mass is 354 g/mol. The lowest BCUT2D eigenvalue weighted by Gasteiger charge is -2.10. The van der Waals surface area contributed by atoms with Crippen molar-refractivity contribution in [3.8, 4) is 11.3 Å². The minimum absolute atomic E-state index is 0.0850. The fourth-order valence-electron chi connectivity index (χ4n) is 2.39. The topological polar surface area (TPSA) is 42.0 Å². The predicted molar refractivity (Wildman–Crippen MR) is 103 cm³/mol. The van der Waals surface area contributed by atoms with E-state index in [1.54, 1.807) is 23.1 Å². The van der Waals surface area contributed by atoms with Gasteiger partial charge in [0.15, 0.2) is 0 Å². The number of aromatic nitrogens is 1. The lowest BCUT2D eigenvalue weighted by Crippen LogP contribution is -2.13. The smallest absolute Gasteiger partial charge is 0.256 e. The fourth-order valence-corrected chi connectivity index (χ4v) is 3.81. The summed E-state index contributed by atoms with van der Waals surface area (Å²) in [6.07, 6.45) is 0. The molecule has 3 nitrogen and oxygen atoms in total. The minimum Gasteiger partial charge on any atom is -0.322 e. The molecule has 2 aromatic carbocycles. The van der Waals surface area contributed by atoms with Gasteiger partial charge in [-0.25, -0.2) is 4.98 Å². The summed E-state index contributed by atoms with van der Waals surface area (Å²) in [5.74, 6) is 0.848. The molecule has 0 bridgehead atoms. The van der Waals surface area contributed by atoms with E-state index in [1.165, 1.54) is 0 Å². The molecule has 24 heavy (non-hydrogen) atoms. The van der Waals surface area contributed by atoms with E-state index in [0.717, 1.165) is 32.6 Å². The number of aryl methyl sites for hydroxylation is 1. The molecule has 1 N–H and O–H groups in total. The van der Waals surface area contributed by atoms with Crippen LogP contribution >= 0.6 is 23.1 Å². The molecule has 0 spiro atoms. The van der Waals surface area contributed by atoms with Gasteiger partial charge < -0.3 is 5.32 Å². The Hall–Kier alpha value is -2.11. The van der Waals surface area contributed by atoms with Gasteiger partial charge in [0.1, 0.15) is 0 Å². The quantitative estimate of drug-likeness (QED) is 0.617. The van der Waals surface area contributed by atoms with Crippen molar-refractivity contribution in [2.24, 2.45) is 0 Å². The van der Waals surface area contributed by atoms with Crippen molar-refractivity contribution >= 4 is 34.7 Å². The summed E-state index contributed by atoms with van der Waals surface area (Å²) in [6.45, 7) is 4.07. The van der Waals surface area contributed by atoms with Crippen LogP contribution in [0.4, 0.5) is 5.69 Å². The van der Waals surface area contributed by atoms with Crippen molar-refractivity contribution in [3.05, 3.63) is 64.5 Å². The van der Waals surface area contributed by atoms with Crippen molar-refractivity contribution in [2.45, 2.75) is 18.7 Å². The van der Waals surface area contributed by atoms with E-state index in [-0.39, 0.29) is 5.91 Å². The van der Waals surface area contributed by atoms with E-state index in [0.29, 0.717) is 5.56 Å². The first kappa shape index (κ1) is 16.7. The SMILES string of the molecule is CCSc1ccccc1C(=O)Nc1cccc(-c2csc(C)n2)c1. The van der Waals surface area contributed by atoms with Gasteiger partial charge in [-0.3, -0.25) is 4.79 Å². The van der Waals surface area contributed by atoms with E-state index in [2.05, 4.69) is 17.2 Å². The highest BCUT2D eigenvalue weighted by atomic mass is 32.2. The number of anilines is 1. The lowest BCUT2D eigenvalue weighted by atomic mass is 10.1. The van der Waals surface area contributed by atoms with E-state index in [4.69, 9.17) is 0 Å². The molecule has 0 saturated heterocycles. The van der Waals surface area contributed by atoms with Gasteiger partial charge in [0.2, 0.25) is 0 Å². The van der Waals surface area contributed by atoms with Crippen LogP contribution < -0.4 is 5.32 Å². The predicted octanol–water partition coefficient (Wildman–Crippen LogP) is 5.48. The van der Waals surface area contributed by atoms with Crippen LogP contribution in [0.1, 0.15) is 22.3 Å². The highest BCUT2D eigenvalue weighted by Crippen LogP contribution is 2.26. The van der Waals surface area contributed by atoms with Crippen LogP contribution in [-0.2, 0) is 0 Å². The Morgan fingerprint density at radius 3 is 2.79 bits per heavy atom. The molecule has 0 atom stereocenters. The first-order valence-corrected chi connectivity index (χ1v) is 9.59. The van der Waals surface area contributed by atoms with Crippen molar-refractivity contribution in [1.29, 1.82) is 0 Å². The largest absolute Gasteiger partial charge is 0.322 e. The van der Waals surface area contributed by atoms with Crippen LogP contribution in [0.3, 0.4) is 0 Å². The summed E-state index contributed by atoms with van der Waals surface area (Å²) in [6, 6.07) is 15.5. The normalized spacial score (nSPS) is 10.6. The molecule has 1 aromatic heterocycles. The van der Waals surface area contributed by atoms with Crippen molar-refractivity contribution in [2.75, 3.05) is 11.1 Å². The molecule has 0 fully saturated rings. The maximum Gasteiger partial charge on any atom is 0.256 e. The second-order valence-corrected chi connectivity index (χ2v) is 7.58. The molecule has 0 aliphatic carbocycles. The molecule has 0 aliphatic rings. The number of nitrogens with one attached hydrogen (secondary N) is 1. The average Bonchev–Trinajstić information content (AvgIpc) is 3.02. The van der Waals surface area contributed by atoms with Crippen LogP contribution in [0.15, 0.2) is 58.8 Å². The van der Waals surface area contributed by atoms with Gasteiger partial charge in [-0.2, -0.15) is 0 Å². The Morgan fingerprint density at radius 2 is 2.04 bits per heavy atom. The molecule has 5 heteroatoms. The van der Waals surface area contributed by atoms with E-state index >= 15 is 0 Å². The molecule has 0 saturated carbocycles. The third-order valence-corrected chi connectivity index (χ3v) is 5.20. The molecular formula is C19H18N2OS2. The van der Waals surface area contributed by atoms with E-state index in [1.807, 2.05) is 60.8 Å². The summed E-state index contributed by atoms with van der Waals surface area (Å²) in [5.41, 5.74) is 3.43. The summed E-state index contributed by atoms with van der Waals surface area (Å²) < 4.78 is 0. The van der Waals surface area contributed by atoms with Gasteiger partial charge in [-0.05, 0) is 36.9 Å². The maximum atomic E-state index is 12.6. The van der Waals surface area contributed by atoms with Gasteiger partial charge in [0.25, 0.3) is 5.91 Å².